The molecule has 0 aromatic carbocycles. The first-order valence-electron chi connectivity index (χ1n) is 6.59. The Kier molecular flexibility index (Phi) is 3.26. The van der Waals surface area contributed by atoms with Crippen LogP contribution < -0.4 is 11.1 Å². The number of hydrogen-bond acceptors (Lipinski definition) is 4. The van der Waals surface area contributed by atoms with E-state index in [4.69, 9.17) is 5.73 Å². The Bertz CT molecular complexity index is 441. The molecule has 1 aromatic heterocycles. The molecule has 1 amide bonds. The highest BCUT2D eigenvalue weighted by Gasteiger charge is 2.34. The molecule has 1 atom stereocenters. The third-order valence-electron chi connectivity index (χ3n) is 3.83. The van der Waals surface area contributed by atoms with Gasteiger partial charge in [0.25, 0.3) is 5.91 Å². The summed E-state index contributed by atoms with van der Waals surface area (Å²) in [5.74, 6) is 0.586. The molecule has 4 nitrogen and oxygen atoms in total. The Morgan fingerprint density at radius 3 is 3.00 bits per heavy atom. The van der Waals surface area contributed by atoms with Crippen molar-refractivity contribution in [2.45, 2.75) is 25.3 Å². The number of likely N-dealkylation sites (tertiary alicyclic amines) is 1. The molecule has 2 aliphatic rings. The van der Waals surface area contributed by atoms with Crippen molar-refractivity contribution < 1.29 is 4.79 Å². The maximum atomic E-state index is 11.9. The first kappa shape index (κ1) is 12.0. The number of nitrogens with zero attached hydrogens (tertiary/aromatic N) is 1. The van der Waals surface area contributed by atoms with Crippen LogP contribution in [0.5, 0.6) is 0 Å². The quantitative estimate of drug-likeness (QED) is 0.868. The van der Waals surface area contributed by atoms with Crippen LogP contribution in [-0.4, -0.2) is 36.5 Å². The summed E-state index contributed by atoms with van der Waals surface area (Å²) in [5.41, 5.74) is 6.32. The molecule has 0 bridgehead atoms. The molecule has 18 heavy (non-hydrogen) atoms. The summed E-state index contributed by atoms with van der Waals surface area (Å²) in [6, 6.07) is 2.63. The van der Waals surface area contributed by atoms with Gasteiger partial charge in [0.1, 0.15) is 4.88 Å². The van der Waals surface area contributed by atoms with Gasteiger partial charge < -0.3 is 16.0 Å². The van der Waals surface area contributed by atoms with E-state index in [2.05, 4.69) is 10.2 Å². The van der Waals surface area contributed by atoms with Crippen LogP contribution in [0.1, 0.15) is 28.9 Å². The van der Waals surface area contributed by atoms with Gasteiger partial charge in [0.15, 0.2) is 0 Å². The van der Waals surface area contributed by atoms with Crippen LogP contribution in [0, 0.1) is 5.92 Å². The number of nitrogens with one attached hydrogen (secondary N) is 1. The molecule has 0 spiro atoms. The Morgan fingerprint density at radius 1 is 1.50 bits per heavy atom. The fourth-order valence-corrected chi connectivity index (χ4v) is 3.36. The second kappa shape index (κ2) is 4.90. The van der Waals surface area contributed by atoms with Gasteiger partial charge in [-0.25, -0.2) is 0 Å². The minimum atomic E-state index is -0.0210. The van der Waals surface area contributed by atoms with Crippen molar-refractivity contribution in [1.82, 2.24) is 10.2 Å². The van der Waals surface area contributed by atoms with Crippen molar-refractivity contribution in [2.24, 2.45) is 5.92 Å². The molecule has 1 unspecified atom stereocenters. The molecule has 1 aliphatic carbocycles. The predicted molar refractivity (Wildman–Crippen MR) is 73.8 cm³/mol. The standard InChI is InChI=1S/C13H19N3OS/c14-11-4-6-18-12(11)13(17)15-7-9-3-5-16(8-9)10-1-2-10/h4,6,9-10H,1-3,5,7-8,14H2,(H,15,17). The first-order valence-corrected chi connectivity index (χ1v) is 7.47. The van der Waals surface area contributed by atoms with Gasteiger partial charge in [0.05, 0.1) is 5.69 Å². The van der Waals surface area contributed by atoms with E-state index in [-0.39, 0.29) is 5.91 Å². The Morgan fingerprint density at radius 2 is 2.33 bits per heavy atom. The number of amides is 1. The van der Waals surface area contributed by atoms with Gasteiger partial charge in [-0.1, -0.05) is 0 Å². The number of nitrogens with two attached hydrogens (primary N) is 1. The number of thiophene rings is 1. The fraction of sp³-hybridized carbons (Fsp3) is 0.615. The number of carbonyl (C=O) groups is 1. The fourth-order valence-electron chi connectivity index (χ4n) is 2.62. The van der Waals surface area contributed by atoms with E-state index in [0.29, 0.717) is 16.5 Å². The van der Waals surface area contributed by atoms with Gasteiger partial charge in [-0.3, -0.25) is 4.79 Å². The largest absolute Gasteiger partial charge is 0.397 e. The number of hydrogen-bond donors (Lipinski definition) is 2. The second-order valence-corrected chi connectivity index (χ2v) is 6.21. The van der Waals surface area contributed by atoms with Gasteiger partial charge in [0.2, 0.25) is 0 Å². The lowest BCUT2D eigenvalue weighted by atomic mass is 10.1. The third-order valence-corrected chi connectivity index (χ3v) is 4.76. The van der Waals surface area contributed by atoms with Gasteiger partial charge in [-0.15, -0.1) is 11.3 Å². The highest BCUT2D eigenvalue weighted by Crippen LogP contribution is 2.31. The summed E-state index contributed by atoms with van der Waals surface area (Å²) in [6.07, 6.45) is 3.94. The lowest BCUT2D eigenvalue weighted by Crippen LogP contribution is -2.31. The van der Waals surface area contributed by atoms with E-state index >= 15 is 0 Å². The molecule has 0 radical (unpaired) electrons. The summed E-state index contributed by atoms with van der Waals surface area (Å²) in [7, 11) is 0. The molecule has 3 rings (SSSR count). The van der Waals surface area contributed by atoms with Crippen LogP contribution in [0.3, 0.4) is 0 Å². The number of nitrogen functional groups attached to an aromatic ring is 1. The Labute approximate surface area is 111 Å². The maximum absolute atomic E-state index is 11.9. The van der Waals surface area contributed by atoms with E-state index in [1.807, 2.05) is 5.38 Å². The van der Waals surface area contributed by atoms with Crippen LogP contribution in [0.15, 0.2) is 11.4 Å². The van der Waals surface area contributed by atoms with E-state index < -0.39 is 0 Å². The summed E-state index contributed by atoms with van der Waals surface area (Å²) >= 11 is 1.41. The smallest absolute Gasteiger partial charge is 0.263 e. The van der Waals surface area contributed by atoms with Crippen LogP contribution in [-0.2, 0) is 0 Å². The average molecular weight is 265 g/mol. The highest BCUT2D eigenvalue weighted by atomic mass is 32.1. The second-order valence-electron chi connectivity index (χ2n) is 5.30. The maximum Gasteiger partial charge on any atom is 0.263 e. The van der Waals surface area contributed by atoms with Gasteiger partial charge in [-0.05, 0) is 43.2 Å². The molecule has 2 heterocycles. The molecule has 1 aliphatic heterocycles. The number of anilines is 1. The van der Waals surface area contributed by atoms with Gasteiger partial charge in [0, 0.05) is 19.1 Å². The van der Waals surface area contributed by atoms with Gasteiger partial charge >= 0.3 is 0 Å². The van der Waals surface area contributed by atoms with E-state index in [0.717, 1.165) is 19.1 Å². The monoisotopic (exact) mass is 265 g/mol. The zero-order valence-corrected chi connectivity index (χ0v) is 11.2. The molecule has 5 heteroatoms. The zero-order valence-electron chi connectivity index (χ0n) is 10.4. The number of rotatable bonds is 4. The predicted octanol–water partition coefficient (Wildman–Crippen LogP) is 1.54. The summed E-state index contributed by atoms with van der Waals surface area (Å²) in [5, 5.41) is 4.87. The van der Waals surface area contributed by atoms with Crippen molar-refractivity contribution in [3.05, 3.63) is 16.3 Å². The normalized spacial score (nSPS) is 24.3. The number of carbonyl (C=O) groups excluding carboxylic acids is 1. The van der Waals surface area contributed by atoms with Gasteiger partial charge in [-0.2, -0.15) is 0 Å². The van der Waals surface area contributed by atoms with Crippen LogP contribution in [0.25, 0.3) is 0 Å². The van der Waals surface area contributed by atoms with E-state index in [9.17, 15) is 4.79 Å². The van der Waals surface area contributed by atoms with E-state index in [1.54, 1.807) is 6.07 Å². The third kappa shape index (κ3) is 2.52. The summed E-state index contributed by atoms with van der Waals surface area (Å²) in [6.45, 7) is 3.12. The van der Waals surface area contributed by atoms with Crippen molar-refractivity contribution in [2.75, 3.05) is 25.4 Å². The topological polar surface area (TPSA) is 58.4 Å². The summed E-state index contributed by atoms with van der Waals surface area (Å²) in [4.78, 5) is 15.1. The molecule has 1 saturated carbocycles. The van der Waals surface area contributed by atoms with Crippen molar-refractivity contribution in [1.29, 1.82) is 0 Å². The van der Waals surface area contributed by atoms with Crippen LogP contribution in [0.2, 0.25) is 0 Å². The first-order chi connectivity index (χ1) is 8.74. The molecule has 98 valence electrons. The van der Waals surface area contributed by atoms with Crippen molar-refractivity contribution >= 4 is 22.9 Å². The van der Waals surface area contributed by atoms with Crippen LogP contribution in [0.4, 0.5) is 5.69 Å². The lowest BCUT2D eigenvalue weighted by molar-refractivity contribution is 0.0952. The van der Waals surface area contributed by atoms with Crippen molar-refractivity contribution in [3.8, 4) is 0 Å². The molecule has 3 N–H and O–H groups in total. The molecular formula is C13H19N3OS. The molecule has 1 aromatic rings. The van der Waals surface area contributed by atoms with E-state index in [1.165, 1.54) is 37.1 Å². The SMILES string of the molecule is Nc1ccsc1C(=O)NCC1CCN(C2CC2)C1. The zero-order chi connectivity index (χ0) is 12.5. The molecule has 1 saturated heterocycles. The van der Waals surface area contributed by atoms with Crippen LogP contribution >= 0.6 is 11.3 Å². The minimum absolute atomic E-state index is 0.0210. The Hall–Kier alpha value is -1.07. The molecule has 2 fully saturated rings. The van der Waals surface area contributed by atoms with Crippen molar-refractivity contribution in [3.63, 3.8) is 0 Å². The summed E-state index contributed by atoms with van der Waals surface area (Å²) < 4.78 is 0. The molecular weight excluding hydrogens is 246 g/mol. The Balaban J connectivity index is 1.47. The minimum Gasteiger partial charge on any atom is -0.397 e. The highest BCUT2D eigenvalue weighted by molar-refractivity contribution is 7.12. The average Bonchev–Trinajstić information content (AvgIpc) is 2.95. The lowest BCUT2D eigenvalue weighted by Gasteiger charge is -2.15.